The van der Waals surface area contributed by atoms with Crippen molar-refractivity contribution in [3.63, 3.8) is 0 Å². The Morgan fingerprint density at radius 3 is 1.26 bits per heavy atom. The summed E-state index contributed by atoms with van der Waals surface area (Å²) in [4.78, 5) is 52.4. The first-order valence-corrected chi connectivity index (χ1v) is 11.7. The van der Waals surface area contributed by atoms with Crippen LogP contribution in [0.2, 0.25) is 0 Å². The highest BCUT2D eigenvalue weighted by Crippen LogP contribution is 2.31. The molecule has 6 N–H and O–H groups in total. The van der Waals surface area contributed by atoms with Crippen LogP contribution in [-0.4, -0.2) is 84.2 Å². The van der Waals surface area contributed by atoms with E-state index in [9.17, 15) is 35.9 Å². The lowest BCUT2D eigenvalue weighted by atomic mass is 9.83. The molecule has 2 aliphatic heterocycles. The summed E-state index contributed by atoms with van der Waals surface area (Å²) >= 11 is 0. The zero-order valence-electron chi connectivity index (χ0n) is 21.0. The number of alkyl halides is 6. The number of ketones is 2. The molecule has 2 aromatic rings. The lowest BCUT2D eigenvalue weighted by Gasteiger charge is -2.19. The Balaban J connectivity index is 0.000000289. The smallest absolute Gasteiger partial charge is 0.475 e. The fraction of sp³-hybridized carbons (Fsp3) is 0.250. The number of hydrogen-bond acceptors (Lipinski definition) is 10. The van der Waals surface area contributed by atoms with Gasteiger partial charge in [-0.1, -0.05) is 0 Å². The second-order valence-corrected chi connectivity index (χ2v) is 8.35. The van der Waals surface area contributed by atoms with Crippen LogP contribution in [0, 0.1) is 0 Å². The van der Waals surface area contributed by atoms with Crippen LogP contribution >= 0.6 is 0 Å². The normalized spacial score (nSPS) is 15.2. The molecule has 42 heavy (non-hydrogen) atoms. The molecular formula is C24H20F6N6O6. The van der Waals surface area contributed by atoms with E-state index < -0.39 is 24.3 Å². The summed E-state index contributed by atoms with van der Waals surface area (Å²) in [7, 11) is 0. The number of aliphatic carboxylic acids is 2. The number of nitrogens with one attached hydrogen (secondary N) is 4. The number of hydrogen-bond donors (Lipinski definition) is 6. The minimum absolute atomic E-state index is 0.155. The summed E-state index contributed by atoms with van der Waals surface area (Å²) in [5.41, 5.74) is 3.09. The van der Waals surface area contributed by atoms with E-state index in [0.29, 0.717) is 34.2 Å². The van der Waals surface area contributed by atoms with Gasteiger partial charge < -0.3 is 31.5 Å². The Morgan fingerprint density at radius 1 is 0.667 bits per heavy atom. The van der Waals surface area contributed by atoms with Gasteiger partial charge in [0, 0.05) is 46.7 Å². The summed E-state index contributed by atoms with van der Waals surface area (Å²) in [6.45, 7) is 3.01. The monoisotopic (exact) mass is 602 g/mol. The van der Waals surface area contributed by atoms with Gasteiger partial charge in [-0.3, -0.25) is 19.6 Å². The van der Waals surface area contributed by atoms with Crippen LogP contribution in [-0.2, 0) is 9.59 Å². The average Bonchev–Trinajstić information content (AvgIpc) is 3.61. The summed E-state index contributed by atoms with van der Waals surface area (Å²) in [6.07, 6.45) is -10.2. The van der Waals surface area contributed by atoms with Gasteiger partial charge in [0.2, 0.25) is 0 Å². The van der Waals surface area contributed by atoms with Crippen LogP contribution in [0.5, 0.6) is 0 Å². The molecule has 12 nitrogen and oxygen atoms in total. The van der Waals surface area contributed by atoms with Gasteiger partial charge in [0.05, 0.1) is 13.1 Å². The molecule has 2 aromatic carbocycles. The van der Waals surface area contributed by atoms with Gasteiger partial charge in [-0.15, -0.1) is 0 Å². The van der Waals surface area contributed by atoms with Crippen LogP contribution in [0.15, 0.2) is 46.4 Å². The van der Waals surface area contributed by atoms with Crippen LogP contribution < -0.4 is 21.3 Å². The predicted octanol–water partition coefficient (Wildman–Crippen LogP) is 2.47. The number of guanidine groups is 2. The van der Waals surface area contributed by atoms with Gasteiger partial charge in [0.25, 0.3) is 0 Å². The average molecular weight is 602 g/mol. The van der Waals surface area contributed by atoms with E-state index in [0.717, 1.165) is 37.6 Å². The maximum Gasteiger partial charge on any atom is 0.490 e. The molecule has 0 aromatic heterocycles. The number of aliphatic imine (C=N–C) groups is 2. The molecule has 5 rings (SSSR count). The minimum Gasteiger partial charge on any atom is -0.475 e. The molecule has 0 unspecified atom stereocenters. The van der Waals surface area contributed by atoms with Gasteiger partial charge in [0.1, 0.15) is 0 Å². The quantitative estimate of drug-likeness (QED) is 0.239. The Hall–Kier alpha value is -5.16. The number of carbonyl (C=O) groups excluding carboxylic acids is 2. The lowest BCUT2D eigenvalue weighted by molar-refractivity contribution is -0.193. The van der Waals surface area contributed by atoms with E-state index in [1.165, 1.54) is 0 Å². The zero-order chi connectivity index (χ0) is 31.2. The molecular weight excluding hydrogens is 582 g/mol. The van der Waals surface area contributed by atoms with Gasteiger partial charge in [-0.05, 0) is 36.4 Å². The van der Waals surface area contributed by atoms with Crippen molar-refractivity contribution >= 4 is 46.8 Å². The van der Waals surface area contributed by atoms with Gasteiger partial charge in [-0.2, -0.15) is 26.3 Å². The van der Waals surface area contributed by atoms with Crippen molar-refractivity contribution in [3.8, 4) is 0 Å². The van der Waals surface area contributed by atoms with E-state index in [4.69, 9.17) is 19.8 Å². The van der Waals surface area contributed by atoms with Crippen molar-refractivity contribution in [2.24, 2.45) is 9.98 Å². The standard InChI is InChI=1S/C20H18N6O2.2C2HF3O2/c27-17-13-3-1-11(25-19-21-5-6-22-19)9-15(13)18(28)14-4-2-12(10-16(14)17)26-20-23-7-8-24-20;2*3-2(4,5)1(6)7/h1-4,9-10H,5-8H2,(H2,21,22,25)(H2,23,24,26);2*(H,6,7). The fourth-order valence-electron chi connectivity index (χ4n) is 3.54. The molecule has 0 fully saturated rings. The summed E-state index contributed by atoms with van der Waals surface area (Å²) < 4.78 is 63.5. The van der Waals surface area contributed by atoms with Crippen molar-refractivity contribution in [1.29, 1.82) is 0 Å². The Bertz CT molecular complexity index is 1360. The number of carboxylic acids is 2. The summed E-state index contributed by atoms with van der Waals surface area (Å²) in [5, 5.41) is 26.8. The second-order valence-electron chi connectivity index (χ2n) is 8.35. The first kappa shape index (κ1) is 31.4. The number of rotatable bonds is 2. The number of anilines is 2. The third-order valence-corrected chi connectivity index (χ3v) is 5.38. The molecule has 0 spiro atoms. The fourth-order valence-corrected chi connectivity index (χ4v) is 3.54. The van der Waals surface area contributed by atoms with E-state index in [2.05, 4.69) is 31.3 Å². The van der Waals surface area contributed by atoms with Gasteiger partial charge in [0.15, 0.2) is 23.5 Å². The molecule has 3 aliphatic rings. The van der Waals surface area contributed by atoms with E-state index in [-0.39, 0.29) is 11.6 Å². The van der Waals surface area contributed by atoms with Crippen LogP contribution in [0.4, 0.5) is 37.7 Å². The molecule has 0 saturated heterocycles. The predicted molar refractivity (Wildman–Crippen MR) is 135 cm³/mol. The molecule has 0 bridgehead atoms. The summed E-state index contributed by atoms with van der Waals surface area (Å²) in [5.74, 6) is -4.47. The van der Waals surface area contributed by atoms with Crippen LogP contribution in [0.25, 0.3) is 0 Å². The van der Waals surface area contributed by atoms with Crippen molar-refractivity contribution in [2.75, 3.05) is 36.8 Å². The zero-order valence-corrected chi connectivity index (χ0v) is 21.0. The highest BCUT2D eigenvalue weighted by Gasteiger charge is 2.39. The lowest BCUT2D eigenvalue weighted by Crippen LogP contribution is -2.27. The number of benzene rings is 2. The highest BCUT2D eigenvalue weighted by molar-refractivity contribution is 6.29. The first-order chi connectivity index (χ1) is 19.6. The Morgan fingerprint density at radius 2 is 1.00 bits per heavy atom. The van der Waals surface area contributed by atoms with E-state index in [1.807, 2.05) is 0 Å². The topological polar surface area (TPSA) is 182 Å². The molecule has 18 heteroatoms. The maximum absolute atomic E-state index is 13.0. The number of carboxylic acid groups (broad SMARTS) is 2. The Labute approximate surface area is 231 Å². The van der Waals surface area contributed by atoms with Crippen molar-refractivity contribution in [3.05, 3.63) is 58.7 Å². The van der Waals surface area contributed by atoms with Crippen molar-refractivity contribution in [1.82, 2.24) is 10.6 Å². The van der Waals surface area contributed by atoms with E-state index in [1.54, 1.807) is 36.4 Å². The van der Waals surface area contributed by atoms with Gasteiger partial charge >= 0.3 is 24.3 Å². The number of carbonyl (C=O) groups is 4. The number of fused-ring (bicyclic) bond motifs is 2. The van der Waals surface area contributed by atoms with E-state index >= 15 is 0 Å². The highest BCUT2D eigenvalue weighted by atomic mass is 19.4. The Kier molecular flexibility index (Phi) is 9.38. The second kappa shape index (κ2) is 12.6. The molecule has 0 amide bonds. The number of halogens is 6. The molecule has 224 valence electrons. The third-order valence-electron chi connectivity index (χ3n) is 5.38. The molecule has 0 saturated carbocycles. The maximum atomic E-state index is 13.0. The van der Waals surface area contributed by atoms with Crippen molar-refractivity contribution in [2.45, 2.75) is 12.4 Å². The molecule has 0 radical (unpaired) electrons. The minimum atomic E-state index is -5.08. The molecule has 2 heterocycles. The first-order valence-electron chi connectivity index (χ1n) is 11.7. The largest absolute Gasteiger partial charge is 0.490 e. The third kappa shape index (κ3) is 7.95. The molecule has 0 atom stereocenters. The van der Waals surface area contributed by atoms with Crippen molar-refractivity contribution < 1.29 is 55.7 Å². The van der Waals surface area contributed by atoms with Crippen LogP contribution in [0.1, 0.15) is 31.8 Å². The van der Waals surface area contributed by atoms with Crippen LogP contribution in [0.3, 0.4) is 0 Å². The SMILES string of the molecule is O=C(O)C(F)(F)F.O=C(O)C(F)(F)F.O=C1c2ccc(NC3=NCCN3)cc2C(=O)c2ccc(NC3=NCCN3)cc21. The summed E-state index contributed by atoms with van der Waals surface area (Å²) in [6, 6.07) is 10.4. The molecule has 1 aliphatic carbocycles. The van der Waals surface area contributed by atoms with Gasteiger partial charge in [-0.25, -0.2) is 9.59 Å². The number of nitrogens with zero attached hydrogens (tertiary/aromatic N) is 2.